The van der Waals surface area contributed by atoms with E-state index in [0.29, 0.717) is 11.2 Å². The SMILES string of the molecule is CCN(CC)CC.C[C@H](Cn1cnc2c(N)ncnc21)OCP(=O)(O)OP(=O)(O)OP(=O)(O)O. The van der Waals surface area contributed by atoms with Gasteiger partial charge in [0, 0.05) is 0 Å². The van der Waals surface area contributed by atoms with Crippen LogP contribution in [-0.4, -0.2) is 76.1 Å². The average molecular weight is 548 g/mol. The van der Waals surface area contributed by atoms with Crippen molar-refractivity contribution in [2.75, 3.05) is 31.7 Å². The quantitative estimate of drug-likeness (QED) is 0.237. The molecule has 2 aromatic rings. The predicted octanol–water partition coefficient (Wildman–Crippen LogP) is 1.53. The van der Waals surface area contributed by atoms with E-state index in [1.165, 1.54) is 43.8 Å². The third-order valence-corrected chi connectivity index (χ3v) is 8.19. The number of nitrogen functional groups attached to an aromatic ring is 1. The van der Waals surface area contributed by atoms with E-state index in [1.54, 1.807) is 0 Å². The van der Waals surface area contributed by atoms with Gasteiger partial charge in [-0.3, -0.25) is 4.57 Å². The largest absolute Gasteiger partial charge is 0.488 e. The van der Waals surface area contributed by atoms with E-state index >= 15 is 0 Å². The molecule has 0 fully saturated rings. The standard InChI is InChI=1S/C9H16N5O10P3.C6H15N/c1-6(2-14-4-13-7-8(10)11-3-12-9(7)14)22-5-25(15,16)23-27(20,21)24-26(17,18)19;1-4-7(5-2)6-3/h3-4,6H,2,5H2,1H3,(H,15,16)(H,20,21)(H2,10,11,12)(H2,17,18,19);4-6H2,1-3H3/t6-;/m1./s1. The van der Waals surface area contributed by atoms with Crippen molar-refractivity contribution in [3.05, 3.63) is 12.7 Å². The third kappa shape index (κ3) is 11.0. The Kier molecular flexibility index (Phi) is 11.9. The lowest BCUT2D eigenvalue weighted by Gasteiger charge is -2.19. The fourth-order valence-corrected chi connectivity index (χ4v) is 5.97. The van der Waals surface area contributed by atoms with Gasteiger partial charge in [-0.1, -0.05) is 20.8 Å². The summed E-state index contributed by atoms with van der Waals surface area (Å²) in [7, 11) is -15.8. The molecule has 2 aromatic heterocycles. The first-order valence-corrected chi connectivity index (χ1v) is 14.8. The second kappa shape index (κ2) is 13.1. The van der Waals surface area contributed by atoms with E-state index in [0.717, 1.165) is 0 Å². The van der Waals surface area contributed by atoms with E-state index in [4.69, 9.17) is 25.2 Å². The molecule has 0 spiro atoms. The zero-order chi connectivity index (χ0) is 26.2. The van der Waals surface area contributed by atoms with Crippen molar-refractivity contribution in [1.29, 1.82) is 0 Å². The van der Waals surface area contributed by atoms with Gasteiger partial charge in [0.25, 0.3) is 0 Å². The Morgan fingerprint density at radius 2 is 1.62 bits per heavy atom. The molecule has 0 bridgehead atoms. The van der Waals surface area contributed by atoms with Crippen molar-refractivity contribution in [2.45, 2.75) is 40.3 Å². The summed E-state index contributed by atoms with van der Waals surface area (Å²) in [6.07, 6.45) is 0.869. The molecule has 3 atom stereocenters. The lowest BCUT2D eigenvalue weighted by Crippen LogP contribution is -2.21. The van der Waals surface area contributed by atoms with Crippen molar-refractivity contribution in [3.8, 4) is 0 Å². The van der Waals surface area contributed by atoms with Crippen LogP contribution in [0.1, 0.15) is 27.7 Å². The van der Waals surface area contributed by atoms with Crippen LogP contribution in [0.3, 0.4) is 0 Å². The van der Waals surface area contributed by atoms with Gasteiger partial charge in [-0.15, -0.1) is 0 Å². The summed E-state index contributed by atoms with van der Waals surface area (Å²) < 4.78 is 47.6. The minimum atomic E-state index is -5.49. The summed E-state index contributed by atoms with van der Waals surface area (Å²) in [5, 5.41) is 0. The number of ether oxygens (including phenoxy) is 1. The predicted molar refractivity (Wildman–Crippen MR) is 122 cm³/mol. The van der Waals surface area contributed by atoms with E-state index in [1.807, 2.05) is 0 Å². The second-order valence-electron chi connectivity index (χ2n) is 6.81. The van der Waals surface area contributed by atoms with Crippen LogP contribution in [0.4, 0.5) is 5.82 Å². The van der Waals surface area contributed by atoms with E-state index in [-0.39, 0.29) is 12.4 Å². The van der Waals surface area contributed by atoms with E-state index in [2.05, 4.69) is 49.2 Å². The summed E-state index contributed by atoms with van der Waals surface area (Å²) >= 11 is 0. The fourth-order valence-electron chi connectivity index (χ4n) is 2.59. The summed E-state index contributed by atoms with van der Waals surface area (Å²) in [4.78, 5) is 49.7. The van der Waals surface area contributed by atoms with Crippen molar-refractivity contribution in [3.63, 3.8) is 0 Å². The summed E-state index contributed by atoms with van der Waals surface area (Å²) in [6, 6.07) is 0. The van der Waals surface area contributed by atoms with E-state index < -0.39 is 35.7 Å². The minimum Gasteiger partial charge on any atom is -0.382 e. The molecular formula is C15H31N6O10P3. The van der Waals surface area contributed by atoms with Crippen molar-refractivity contribution < 1.29 is 46.6 Å². The lowest BCUT2D eigenvalue weighted by atomic mass is 10.4. The molecule has 2 heterocycles. The van der Waals surface area contributed by atoms with Crippen LogP contribution in [0.25, 0.3) is 11.2 Å². The maximum atomic E-state index is 11.8. The van der Waals surface area contributed by atoms with Crippen LogP contribution in [-0.2, 0) is 33.6 Å². The molecule has 16 nitrogen and oxygen atoms in total. The van der Waals surface area contributed by atoms with Crippen molar-refractivity contribution >= 4 is 40.2 Å². The Hall–Kier alpha value is -1.28. The number of aromatic nitrogens is 4. The first-order chi connectivity index (χ1) is 15.6. The van der Waals surface area contributed by atoms with E-state index in [9.17, 15) is 18.6 Å². The molecule has 0 aromatic carbocycles. The number of imidazole rings is 1. The van der Waals surface area contributed by atoms with Gasteiger partial charge in [-0.2, -0.15) is 4.31 Å². The molecule has 2 unspecified atom stereocenters. The molecule has 0 saturated heterocycles. The molecule has 0 aliphatic rings. The number of anilines is 1. The molecule has 19 heteroatoms. The zero-order valence-electron chi connectivity index (χ0n) is 19.2. The second-order valence-corrected chi connectivity index (χ2v) is 11.6. The van der Waals surface area contributed by atoms with Gasteiger partial charge in [-0.05, 0) is 26.6 Å². The van der Waals surface area contributed by atoms with Gasteiger partial charge in [-0.25, -0.2) is 28.4 Å². The topological polar surface area (TPSA) is 233 Å². The van der Waals surface area contributed by atoms with Crippen LogP contribution in [0.15, 0.2) is 12.7 Å². The van der Waals surface area contributed by atoms with Gasteiger partial charge < -0.3 is 39.5 Å². The Morgan fingerprint density at radius 3 is 2.12 bits per heavy atom. The Labute approximate surface area is 196 Å². The van der Waals surface area contributed by atoms with Gasteiger partial charge >= 0.3 is 23.2 Å². The van der Waals surface area contributed by atoms with Gasteiger partial charge in [0.1, 0.15) is 18.2 Å². The number of nitrogens with two attached hydrogens (primary N) is 1. The Balaban J connectivity index is 0.000000718. The maximum absolute atomic E-state index is 11.8. The Bertz CT molecular complexity index is 1050. The summed E-state index contributed by atoms with van der Waals surface area (Å²) in [6.45, 7) is 11.8. The average Bonchev–Trinajstić information content (AvgIpc) is 3.10. The zero-order valence-corrected chi connectivity index (χ0v) is 21.8. The van der Waals surface area contributed by atoms with Crippen LogP contribution in [0, 0.1) is 0 Å². The summed E-state index contributed by atoms with van der Waals surface area (Å²) in [5.41, 5.74) is 6.41. The van der Waals surface area contributed by atoms with Crippen molar-refractivity contribution in [2.24, 2.45) is 0 Å². The third-order valence-electron chi connectivity index (χ3n) is 4.19. The first-order valence-electron chi connectivity index (χ1n) is 10.0. The molecule has 0 saturated carbocycles. The molecule has 0 aliphatic carbocycles. The van der Waals surface area contributed by atoms with Crippen LogP contribution < -0.4 is 5.73 Å². The highest BCUT2D eigenvalue weighted by atomic mass is 31.3. The Morgan fingerprint density at radius 1 is 1.03 bits per heavy atom. The number of hydrogen-bond donors (Lipinski definition) is 5. The van der Waals surface area contributed by atoms with Gasteiger partial charge in [0.05, 0.1) is 19.0 Å². The highest BCUT2D eigenvalue weighted by Gasteiger charge is 2.39. The molecule has 34 heavy (non-hydrogen) atoms. The maximum Gasteiger partial charge on any atom is 0.488 e. The highest BCUT2D eigenvalue weighted by molar-refractivity contribution is 7.68. The summed E-state index contributed by atoms with van der Waals surface area (Å²) in [5.74, 6) is 0.171. The van der Waals surface area contributed by atoms with Gasteiger partial charge in [0.2, 0.25) is 0 Å². The molecule has 0 radical (unpaired) electrons. The van der Waals surface area contributed by atoms with Gasteiger partial charge in [0.15, 0.2) is 11.5 Å². The number of fused-ring (bicyclic) bond motifs is 1. The molecular weight excluding hydrogens is 517 g/mol. The lowest BCUT2D eigenvalue weighted by molar-refractivity contribution is 0.0757. The number of rotatable bonds is 12. The number of nitrogens with zero attached hydrogens (tertiary/aromatic N) is 5. The van der Waals surface area contributed by atoms with Crippen molar-refractivity contribution in [1.82, 2.24) is 24.4 Å². The molecule has 0 aliphatic heterocycles. The monoisotopic (exact) mass is 548 g/mol. The normalized spacial score (nSPS) is 16.5. The molecule has 6 N–H and O–H groups in total. The highest BCUT2D eigenvalue weighted by Crippen LogP contribution is 2.65. The minimum absolute atomic E-state index is 0.114. The number of hydrogen-bond acceptors (Lipinski definition) is 11. The van der Waals surface area contributed by atoms with Crippen LogP contribution in [0.2, 0.25) is 0 Å². The van der Waals surface area contributed by atoms with Crippen LogP contribution in [0.5, 0.6) is 0 Å². The molecule has 196 valence electrons. The molecule has 0 amide bonds. The first kappa shape index (κ1) is 30.8. The van der Waals surface area contributed by atoms with Crippen LogP contribution >= 0.6 is 23.2 Å². The number of phosphoric acid groups is 2. The molecule has 2 rings (SSSR count). The fraction of sp³-hybridized carbons (Fsp3) is 0.667. The smallest absolute Gasteiger partial charge is 0.382 e.